The summed E-state index contributed by atoms with van der Waals surface area (Å²) in [7, 11) is 6.96. The van der Waals surface area contributed by atoms with Crippen molar-refractivity contribution in [3.63, 3.8) is 0 Å². The molecule has 0 atom stereocenters. The number of hydrogen-bond donors (Lipinski definition) is 1. The van der Waals surface area contributed by atoms with Crippen LogP contribution in [0.3, 0.4) is 0 Å². The van der Waals surface area contributed by atoms with Crippen LogP contribution in [-0.2, 0) is 16.0 Å². The number of methoxy groups -OCH3 is 3. The minimum absolute atomic E-state index is 0. The van der Waals surface area contributed by atoms with E-state index in [1.54, 1.807) is 21.3 Å². The number of rotatable bonds is 11. The third-order valence-corrected chi connectivity index (χ3v) is 3.53. The molecule has 0 unspecified atom stereocenters. The first-order chi connectivity index (χ1) is 12.2. The fourth-order valence-corrected chi connectivity index (χ4v) is 2.24. The Bertz CT molecular complexity index is 529. The molecular formula is C18H32IN3O4. The van der Waals surface area contributed by atoms with Gasteiger partial charge in [-0.3, -0.25) is 4.99 Å². The van der Waals surface area contributed by atoms with Gasteiger partial charge in [-0.05, 0) is 19.1 Å². The number of ether oxygens (including phenoxy) is 4. The van der Waals surface area contributed by atoms with Crippen molar-refractivity contribution in [3.05, 3.63) is 23.8 Å². The lowest BCUT2D eigenvalue weighted by molar-refractivity contribution is 0.0747. The normalized spacial score (nSPS) is 10.9. The van der Waals surface area contributed by atoms with Crippen LogP contribution in [0.1, 0.15) is 12.5 Å². The van der Waals surface area contributed by atoms with Crippen LogP contribution in [0.15, 0.2) is 23.2 Å². The molecule has 150 valence electrons. The van der Waals surface area contributed by atoms with E-state index in [1.807, 2.05) is 32.2 Å². The van der Waals surface area contributed by atoms with Crippen molar-refractivity contribution in [2.75, 3.05) is 61.3 Å². The molecule has 26 heavy (non-hydrogen) atoms. The van der Waals surface area contributed by atoms with Crippen molar-refractivity contribution in [1.29, 1.82) is 0 Å². The molecule has 8 heteroatoms. The Balaban J connectivity index is 0.00000625. The molecule has 0 spiro atoms. The maximum absolute atomic E-state index is 5.47. The topological polar surface area (TPSA) is 64.6 Å². The van der Waals surface area contributed by atoms with Gasteiger partial charge in [-0.2, -0.15) is 0 Å². The molecule has 1 N–H and O–H groups in total. The highest BCUT2D eigenvalue weighted by molar-refractivity contribution is 14.0. The maximum Gasteiger partial charge on any atom is 0.194 e. The number of halogens is 1. The van der Waals surface area contributed by atoms with Crippen molar-refractivity contribution in [2.24, 2.45) is 4.99 Å². The minimum Gasteiger partial charge on any atom is -0.497 e. The molecule has 0 bridgehead atoms. The van der Waals surface area contributed by atoms with Crippen LogP contribution in [0.4, 0.5) is 0 Å². The zero-order valence-electron chi connectivity index (χ0n) is 16.4. The summed E-state index contributed by atoms with van der Waals surface area (Å²) < 4.78 is 21.1. The molecular weight excluding hydrogens is 449 g/mol. The predicted octanol–water partition coefficient (Wildman–Crippen LogP) is 2.38. The summed E-state index contributed by atoms with van der Waals surface area (Å²) in [5.41, 5.74) is 1.06. The molecule has 0 saturated carbocycles. The lowest BCUT2D eigenvalue weighted by Crippen LogP contribution is -2.38. The van der Waals surface area contributed by atoms with E-state index in [-0.39, 0.29) is 24.0 Å². The van der Waals surface area contributed by atoms with E-state index in [2.05, 4.69) is 15.2 Å². The van der Waals surface area contributed by atoms with Gasteiger partial charge >= 0.3 is 0 Å². The highest BCUT2D eigenvalue weighted by Gasteiger charge is 2.11. The van der Waals surface area contributed by atoms with E-state index in [4.69, 9.17) is 18.9 Å². The molecule has 0 aliphatic carbocycles. The average Bonchev–Trinajstić information content (AvgIpc) is 2.63. The van der Waals surface area contributed by atoms with Gasteiger partial charge in [-0.1, -0.05) is 0 Å². The summed E-state index contributed by atoms with van der Waals surface area (Å²) >= 11 is 0. The molecule has 0 radical (unpaired) electrons. The minimum atomic E-state index is 0. The largest absolute Gasteiger partial charge is 0.497 e. The fraction of sp³-hybridized carbons (Fsp3) is 0.611. The van der Waals surface area contributed by atoms with Gasteiger partial charge in [0.05, 0.1) is 40.6 Å². The number of hydrogen-bond acceptors (Lipinski definition) is 5. The summed E-state index contributed by atoms with van der Waals surface area (Å²) in [6.45, 7) is 5.86. The summed E-state index contributed by atoms with van der Waals surface area (Å²) in [5.74, 6) is 2.40. The highest BCUT2D eigenvalue weighted by Crippen LogP contribution is 2.25. The number of benzene rings is 1. The Morgan fingerprint density at radius 1 is 1.12 bits per heavy atom. The first kappa shape index (κ1) is 24.7. The standard InChI is InChI=1S/C18H31N3O4.HI/c1-6-19-18(20-9-10-25-12-11-22-3)21(2)14-15-7-8-16(23-4)13-17(15)24-5;/h7-8,13H,6,9-12,14H2,1-5H3,(H,19,20);1H. The third-order valence-electron chi connectivity index (χ3n) is 3.53. The number of aliphatic imine (C=N–C) groups is 1. The zero-order chi connectivity index (χ0) is 18.5. The maximum atomic E-state index is 5.47. The number of nitrogens with zero attached hydrogens (tertiary/aromatic N) is 2. The third kappa shape index (κ3) is 8.91. The lowest BCUT2D eigenvalue weighted by Gasteiger charge is -2.23. The monoisotopic (exact) mass is 481 g/mol. The van der Waals surface area contributed by atoms with Crippen LogP contribution in [0.2, 0.25) is 0 Å². The summed E-state index contributed by atoms with van der Waals surface area (Å²) in [6, 6.07) is 5.82. The predicted molar refractivity (Wildman–Crippen MR) is 115 cm³/mol. The van der Waals surface area contributed by atoms with Crippen LogP contribution in [0.5, 0.6) is 11.5 Å². The van der Waals surface area contributed by atoms with Crippen LogP contribution in [-0.4, -0.2) is 72.1 Å². The number of guanidine groups is 1. The molecule has 1 rings (SSSR count). The Labute approximate surface area is 174 Å². The van der Waals surface area contributed by atoms with Gasteiger partial charge in [0.2, 0.25) is 0 Å². The van der Waals surface area contributed by atoms with Gasteiger partial charge in [0.15, 0.2) is 5.96 Å². The van der Waals surface area contributed by atoms with E-state index >= 15 is 0 Å². The molecule has 0 aromatic heterocycles. The molecule has 7 nitrogen and oxygen atoms in total. The van der Waals surface area contributed by atoms with Crippen molar-refractivity contribution in [1.82, 2.24) is 10.2 Å². The van der Waals surface area contributed by atoms with Gasteiger partial charge in [0.25, 0.3) is 0 Å². The van der Waals surface area contributed by atoms with Crippen molar-refractivity contribution >= 4 is 29.9 Å². The highest BCUT2D eigenvalue weighted by atomic mass is 127. The molecule has 0 fully saturated rings. The first-order valence-electron chi connectivity index (χ1n) is 8.43. The average molecular weight is 481 g/mol. The molecule has 0 amide bonds. The molecule has 1 aromatic carbocycles. The second kappa shape index (κ2) is 14.9. The van der Waals surface area contributed by atoms with Crippen LogP contribution >= 0.6 is 24.0 Å². The molecule has 0 aliphatic heterocycles. The van der Waals surface area contributed by atoms with Gasteiger partial charge in [0, 0.05) is 38.9 Å². The Morgan fingerprint density at radius 2 is 1.88 bits per heavy atom. The zero-order valence-corrected chi connectivity index (χ0v) is 18.7. The van der Waals surface area contributed by atoms with E-state index in [0.717, 1.165) is 29.6 Å². The Hall–Kier alpha value is -1.26. The first-order valence-corrected chi connectivity index (χ1v) is 8.43. The number of nitrogens with one attached hydrogen (secondary N) is 1. The molecule has 0 saturated heterocycles. The van der Waals surface area contributed by atoms with Crippen LogP contribution in [0, 0.1) is 0 Å². The van der Waals surface area contributed by atoms with Crippen molar-refractivity contribution in [3.8, 4) is 11.5 Å². The quantitative estimate of drug-likeness (QED) is 0.227. The van der Waals surface area contributed by atoms with Gasteiger partial charge in [-0.15, -0.1) is 24.0 Å². The lowest BCUT2D eigenvalue weighted by atomic mass is 10.2. The SMILES string of the molecule is CCNC(=NCCOCCOC)N(C)Cc1ccc(OC)cc1OC.I. The van der Waals surface area contributed by atoms with E-state index in [9.17, 15) is 0 Å². The summed E-state index contributed by atoms with van der Waals surface area (Å²) in [4.78, 5) is 6.66. The molecule has 1 aromatic rings. The van der Waals surface area contributed by atoms with Crippen LogP contribution < -0.4 is 14.8 Å². The van der Waals surface area contributed by atoms with Crippen molar-refractivity contribution < 1.29 is 18.9 Å². The molecule has 0 aliphatic rings. The molecule has 0 heterocycles. The van der Waals surface area contributed by atoms with Crippen molar-refractivity contribution in [2.45, 2.75) is 13.5 Å². The summed E-state index contributed by atoms with van der Waals surface area (Å²) in [5, 5.41) is 3.29. The Kier molecular flexibility index (Phi) is 14.1. The van der Waals surface area contributed by atoms with Gasteiger partial charge in [0.1, 0.15) is 11.5 Å². The van der Waals surface area contributed by atoms with Crippen LogP contribution in [0.25, 0.3) is 0 Å². The van der Waals surface area contributed by atoms with E-state index in [1.165, 1.54) is 0 Å². The fourth-order valence-electron chi connectivity index (χ4n) is 2.24. The van der Waals surface area contributed by atoms with Gasteiger partial charge in [-0.25, -0.2) is 0 Å². The summed E-state index contributed by atoms with van der Waals surface area (Å²) in [6.07, 6.45) is 0. The smallest absolute Gasteiger partial charge is 0.194 e. The van der Waals surface area contributed by atoms with E-state index < -0.39 is 0 Å². The van der Waals surface area contributed by atoms with Gasteiger partial charge < -0.3 is 29.2 Å². The second-order valence-electron chi connectivity index (χ2n) is 5.37. The van der Waals surface area contributed by atoms with E-state index in [0.29, 0.717) is 32.9 Å². The Morgan fingerprint density at radius 3 is 2.50 bits per heavy atom. The second-order valence-corrected chi connectivity index (χ2v) is 5.37.